The molecule has 1 aromatic heterocycles. The van der Waals surface area contributed by atoms with E-state index in [1.807, 2.05) is 0 Å². The fourth-order valence-corrected chi connectivity index (χ4v) is 0.700. The maximum atomic E-state index is 11.9. The summed E-state index contributed by atoms with van der Waals surface area (Å²) < 4.78 is 28.5. The van der Waals surface area contributed by atoms with Gasteiger partial charge in [0, 0.05) is 6.92 Å². The van der Waals surface area contributed by atoms with Crippen LogP contribution in [0.5, 0.6) is 0 Å². The van der Waals surface area contributed by atoms with Crippen LogP contribution in [0.3, 0.4) is 0 Å². The number of rotatable bonds is 2. The van der Waals surface area contributed by atoms with Crippen LogP contribution in [-0.2, 0) is 0 Å². The molecule has 0 saturated heterocycles. The van der Waals surface area contributed by atoms with Crippen LogP contribution in [0.15, 0.2) is 4.42 Å². The maximum absolute atomic E-state index is 11.9. The molecule has 0 aliphatic carbocycles. The lowest BCUT2D eigenvalue weighted by Gasteiger charge is -1.89. The van der Waals surface area contributed by atoms with E-state index in [-0.39, 0.29) is 12.2 Å². The molecule has 0 bridgehead atoms. The van der Waals surface area contributed by atoms with Gasteiger partial charge in [-0.3, -0.25) is 4.79 Å². The number of oxazole rings is 1. The van der Waals surface area contributed by atoms with Crippen molar-refractivity contribution in [1.82, 2.24) is 4.98 Å². The Morgan fingerprint density at radius 1 is 1.64 bits per heavy atom. The highest BCUT2D eigenvalue weighted by Gasteiger charge is 2.18. The van der Waals surface area contributed by atoms with Gasteiger partial charge in [-0.25, -0.2) is 13.8 Å². The van der Waals surface area contributed by atoms with E-state index in [1.54, 1.807) is 0 Å². The van der Waals surface area contributed by atoms with Crippen LogP contribution >= 0.6 is 0 Å². The third-order valence-electron chi connectivity index (χ3n) is 1.10. The second-order valence-electron chi connectivity index (χ2n) is 1.90. The van der Waals surface area contributed by atoms with Gasteiger partial charge in [0.2, 0.25) is 0 Å². The molecule has 0 amide bonds. The maximum Gasteiger partial charge on any atom is 0.284 e. The second kappa shape index (κ2) is 2.77. The topological polar surface area (TPSA) is 43.1 Å². The molecule has 0 aliphatic heterocycles. The van der Waals surface area contributed by atoms with Crippen molar-refractivity contribution >= 4 is 6.29 Å². The Balaban J connectivity index is 3.11. The predicted octanol–water partition coefficient (Wildman–Crippen LogP) is 1.73. The van der Waals surface area contributed by atoms with E-state index >= 15 is 0 Å². The van der Waals surface area contributed by atoms with Crippen molar-refractivity contribution in [2.75, 3.05) is 0 Å². The lowest BCUT2D eigenvalue weighted by molar-refractivity contribution is 0.107. The zero-order chi connectivity index (χ0) is 8.43. The van der Waals surface area contributed by atoms with Gasteiger partial charge in [-0.05, 0) is 0 Å². The van der Waals surface area contributed by atoms with Crippen LogP contribution in [0, 0.1) is 6.92 Å². The normalized spacial score (nSPS) is 10.5. The van der Waals surface area contributed by atoms with E-state index in [0.717, 1.165) is 0 Å². The Morgan fingerprint density at radius 2 is 2.27 bits per heavy atom. The number of carbonyl (C=O) groups excluding carboxylic acids is 1. The average molecular weight is 161 g/mol. The van der Waals surface area contributed by atoms with Crippen molar-refractivity contribution in [1.29, 1.82) is 0 Å². The summed E-state index contributed by atoms with van der Waals surface area (Å²) >= 11 is 0. The fourth-order valence-electron chi connectivity index (χ4n) is 0.700. The Morgan fingerprint density at radius 3 is 2.64 bits per heavy atom. The molecule has 0 N–H and O–H groups in total. The summed E-state index contributed by atoms with van der Waals surface area (Å²) in [6.07, 6.45) is -2.53. The largest absolute Gasteiger partial charge is 0.438 e. The van der Waals surface area contributed by atoms with Gasteiger partial charge in [0.05, 0.1) is 0 Å². The monoisotopic (exact) mass is 161 g/mol. The van der Waals surface area contributed by atoms with E-state index < -0.39 is 17.9 Å². The zero-order valence-electron chi connectivity index (χ0n) is 5.67. The minimum absolute atomic E-state index is 0.0717. The molecular formula is C6H5F2NO2. The number of aryl methyl sites for hydroxylation is 1. The van der Waals surface area contributed by atoms with Gasteiger partial charge in [-0.2, -0.15) is 0 Å². The molecular weight excluding hydrogens is 156 g/mol. The lowest BCUT2D eigenvalue weighted by atomic mass is 10.4. The van der Waals surface area contributed by atoms with Crippen LogP contribution < -0.4 is 0 Å². The van der Waals surface area contributed by atoms with Crippen molar-refractivity contribution in [3.8, 4) is 0 Å². The molecule has 0 aliphatic rings. The first kappa shape index (κ1) is 7.84. The molecule has 1 rings (SSSR count). The first-order valence-corrected chi connectivity index (χ1v) is 2.85. The van der Waals surface area contributed by atoms with Crippen LogP contribution in [0.25, 0.3) is 0 Å². The molecule has 1 heterocycles. The first-order valence-electron chi connectivity index (χ1n) is 2.85. The molecule has 11 heavy (non-hydrogen) atoms. The molecule has 0 radical (unpaired) electrons. The summed E-state index contributed by atoms with van der Waals surface area (Å²) in [5.74, 6) is -0.320. The summed E-state index contributed by atoms with van der Waals surface area (Å²) in [4.78, 5) is 13.4. The molecule has 3 nitrogen and oxygen atoms in total. The molecule has 0 fully saturated rings. The average Bonchev–Trinajstić information content (AvgIpc) is 2.30. The number of hydrogen-bond donors (Lipinski definition) is 0. The smallest absolute Gasteiger partial charge is 0.284 e. The number of alkyl halides is 2. The minimum Gasteiger partial charge on any atom is -0.438 e. The summed E-state index contributed by atoms with van der Waals surface area (Å²) in [5.41, 5.74) is -0.586. The van der Waals surface area contributed by atoms with Gasteiger partial charge >= 0.3 is 0 Å². The van der Waals surface area contributed by atoms with Crippen molar-refractivity contribution in [3.05, 3.63) is 17.3 Å². The van der Waals surface area contributed by atoms with Crippen LogP contribution in [0.4, 0.5) is 8.78 Å². The van der Waals surface area contributed by atoms with Crippen LogP contribution in [-0.4, -0.2) is 11.3 Å². The van der Waals surface area contributed by atoms with Gasteiger partial charge in [-0.1, -0.05) is 0 Å². The summed E-state index contributed by atoms with van der Waals surface area (Å²) in [7, 11) is 0. The number of aromatic nitrogens is 1. The van der Waals surface area contributed by atoms with E-state index in [4.69, 9.17) is 0 Å². The van der Waals surface area contributed by atoms with E-state index in [2.05, 4.69) is 9.40 Å². The van der Waals surface area contributed by atoms with Gasteiger partial charge in [0.25, 0.3) is 6.43 Å². The van der Waals surface area contributed by atoms with Gasteiger partial charge in [-0.15, -0.1) is 0 Å². The van der Waals surface area contributed by atoms with Crippen molar-refractivity contribution in [2.45, 2.75) is 13.3 Å². The predicted molar refractivity (Wildman–Crippen MR) is 31.6 cm³/mol. The number of hydrogen-bond acceptors (Lipinski definition) is 3. The Hall–Kier alpha value is -1.26. The van der Waals surface area contributed by atoms with Crippen molar-refractivity contribution < 1.29 is 18.0 Å². The number of nitrogens with zero attached hydrogens (tertiary/aromatic N) is 1. The highest BCUT2D eigenvalue weighted by molar-refractivity contribution is 5.72. The van der Waals surface area contributed by atoms with E-state index in [9.17, 15) is 13.6 Å². The Kier molecular flexibility index (Phi) is 1.98. The fraction of sp³-hybridized carbons (Fsp3) is 0.333. The molecule has 5 heteroatoms. The molecule has 0 spiro atoms. The Bertz CT molecular complexity index is 270. The summed E-state index contributed by atoms with van der Waals surface area (Å²) in [6, 6.07) is 0. The first-order chi connectivity index (χ1) is 5.15. The third kappa shape index (κ3) is 1.42. The summed E-state index contributed by atoms with van der Waals surface area (Å²) in [5, 5.41) is 0. The van der Waals surface area contributed by atoms with Crippen LogP contribution in [0.1, 0.15) is 28.6 Å². The molecule has 1 aromatic rings. The highest BCUT2D eigenvalue weighted by Crippen LogP contribution is 2.21. The third-order valence-corrected chi connectivity index (χ3v) is 1.10. The number of carbonyl (C=O) groups is 1. The van der Waals surface area contributed by atoms with E-state index in [1.165, 1.54) is 6.92 Å². The van der Waals surface area contributed by atoms with Crippen molar-refractivity contribution in [2.24, 2.45) is 0 Å². The van der Waals surface area contributed by atoms with Crippen LogP contribution in [0.2, 0.25) is 0 Å². The highest BCUT2D eigenvalue weighted by atomic mass is 19.3. The molecule has 0 aromatic carbocycles. The minimum atomic E-state index is -2.76. The second-order valence-corrected chi connectivity index (χ2v) is 1.90. The van der Waals surface area contributed by atoms with E-state index in [0.29, 0.717) is 0 Å². The quantitative estimate of drug-likeness (QED) is 0.620. The number of halogens is 2. The SMILES string of the molecule is Cc1nc(C(F)F)c(C=O)o1. The van der Waals surface area contributed by atoms with Gasteiger partial charge in [0.15, 0.2) is 23.6 Å². The van der Waals surface area contributed by atoms with Gasteiger partial charge in [0.1, 0.15) is 0 Å². The molecule has 60 valence electrons. The number of aldehydes is 1. The molecule has 0 atom stereocenters. The summed E-state index contributed by atoms with van der Waals surface area (Å²) in [6.45, 7) is 1.40. The molecule has 0 saturated carbocycles. The van der Waals surface area contributed by atoms with Crippen molar-refractivity contribution in [3.63, 3.8) is 0 Å². The van der Waals surface area contributed by atoms with Gasteiger partial charge < -0.3 is 4.42 Å². The Labute approximate surface area is 61.0 Å². The lowest BCUT2D eigenvalue weighted by Crippen LogP contribution is -1.89. The molecule has 0 unspecified atom stereocenters. The zero-order valence-corrected chi connectivity index (χ0v) is 5.67. The standard InChI is InChI=1S/C6H5F2NO2/c1-3-9-5(6(7)8)4(2-10)11-3/h2,6H,1H3.